The SMILES string of the molecule is CCCOSS(=S)(=S)I. The fraction of sp³-hybridized carbons (Fsp3) is 1.00. The van der Waals surface area contributed by atoms with Crippen LogP contribution in [0.5, 0.6) is 0 Å². The standard InChI is InChI=1S/C3H7IOS4/c1-2-3-5-8-9(4,6)7/h2-3H2,1H3. The van der Waals surface area contributed by atoms with E-state index in [0.29, 0.717) is 0 Å². The van der Waals surface area contributed by atoms with Crippen LogP contribution < -0.4 is 0 Å². The Kier molecular flexibility index (Phi) is 6.59. The lowest BCUT2D eigenvalue weighted by Crippen LogP contribution is -1.83. The van der Waals surface area contributed by atoms with Crippen LogP contribution >= 0.6 is 32.3 Å². The quantitative estimate of drug-likeness (QED) is 0.259. The summed E-state index contributed by atoms with van der Waals surface area (Å²) in [6.45, 7) is 2.80. The monoisotopic (exact) mass is 314 g/mol. The maximum atomic E-state index is 5.09. The lowest BCUT2D eigenvalue weighted by Gasteiger charge is -1.98. The van der Waals surface area contributed by atoms with E-state index >= 15 is 0 Å². The van der Waals surface area contributed by atoms with E-state index in [-0.39, 0.29) is 0 Å². The van der Waals surface area contributed by atoms with Gasteiger partial charge in [0, 0.05) is 24.6 Å². The second-order valence-corrected chi connectivity index (χ2v) is 18.6. The Balaban J connectivity index is 3.30. The molecule has 6 heteroatoms. The van der Waals surface area contributed by atoms with Gasteiger partial charge in [0.2, 0.25) is 0 Å². The molecule has 0 amide bonds. The normalized spacial score (nSPS) is 11.8. The molecule has 0 saturated heterocycles. The van der Waals surface area contributed by atoms with Gasteiger partial charge in [0.05, 0.1) is 17.7 Å². The Labute approximate surface area is 81.3 Å². The average Bonchev–Trinajstić information content (AvgIpc) is 1.63. The molecule has 0 rings (SSSR count). The van der Waals surface area contributed by atoms with E-state index in [1.54, 1.807) is 0 Å². The molecule has 0 atom stereocenters. The molecule has 0 aliphatic carbocycles. The number of halogens is 1. The first-order valence-corrected chi connectivity index (χ1v) is 9.60. The predicted molar refractivity (Wildman–Crippen MR) is 59.9 cm³/mol. The molecular weight excluding hydrogens is 307 g/mol. The van der Waals surface area contributed by atoms with Gasteiger partial charge in [-0.3, -0.25) is 0 Å². The van der Waals surface area contributed by atoms with Crippen LogP contribution in [0.3, 0.4) is 0 Å². The van der Waals surface area contributed by atoms with E-state index in [1.165, 1.54) is 11.1 Å². The predicted octanol–water partition coefficient (Wildman–Crippen LogP) is 2.40. The minimum absolute atomic E-state index is 0.746. The molecule has 0 heterocycles. The molecule has 0 bridgehead atoms. The van der Waals surface area contributed by atoms with Gasteiger partial charge in [-0.15, -0.1) is 0 Å². The van der Waals surface area contributed by atoms with Crippen LogP contribution in [-0.2, 0) is 29.9 Å². The summed E-state index contributed by atoms with van der Waals surface area (Å²) in [5, 5.41) is 0. The highest BCUT2D eigenvalue weighted by molar-refractivity contribution is 14.2. The van der Waals surface area contributed by atoms with Gasteiger partial charge in [0.25, 0.3) is 0 Å². The first-order chi connectivity index (χ1) is 4.06. The summed E-state index contributed by atoms with van der Waals surface area (Å²) < 4.78 is 3.72. The number of hydrogen-bond acceptors (Lipinski definition) is 4. The molecule has 0 radical (unpaired) electrons. The van der Waals surface area contributed by atoms with Gasteiger partial charge >= 0.3 is 0 Å². The molecule has 9 heavy (non-hydrogen) atoms. The van der Waals surface area contributed by atoms with Gasteiger partial charge < -0.3 is 4.18 Å². The highest BCUT2D eigenvalue weighted by Crippen LogP contribution is 2.22. The Morgan fingerprint density at radius 2 is 2.22 bits per heavy atom. The molecule has 0 N–H and O–H groups in total. The minimum Gasteiger partial charge on any atom is -0.304 e. The van der Waals surface area contributed by atoms with Gasteiger partial charge in [0.1, 0.15) is 0 Å². The van der Waals surface area contributed by atoms with Crippen molar-refractivity contribution in [3.63, 3.8) is 0 Å². The molecular formula is C3H7IOS4. The molecule has 0 aromatic heterocycles. The topological polar surface area (TPSA) is 9.23 Å². The van der Waals surface area contributed by atoms with Gasteiger partial charge in [0.15, 0.2) is 0 Å². The summed E-state index contributed by atoms with van der Waals surface area (Å²) >= 11 is 13.2. The van der Waals surface area contributed by atoms with E-state index in [1.807, 2.05) is 0 Å². The molecule has 0 aromatic carbocycles. The van der Waals surface area contributed by atoms with Crippen molar-refractivity contribution >= 4 is 58.0 Å². The lowest BCUT2D eigenvalue weighted by atomic mass is 10.5. The van der Waals surface area contributed by atoms with Crippen LogP contribution in [0.2, 0.25) is 0 Å². The van der Waals surface area contributed by atoms with Gasteiger partial charge in [-0.05, 0) is 28.8 Å². The van der Waals surface area contributed by atoms with E-state index in [2.05, 4.69) is 28.1 Å². The third-order valence-electron chi connectivity index (χ3n) is 0.417. The maximum Gasteiger partial charge on any atom is 0.0803 e. The zero-order valence-electron chi connectivity index (χ0n) is 4.83. The lowest BCUT2D eigenvalue weighted by molar-refractivity contribution is 0.379. The van der Waals surface area contributed by atoms with E-state index in [4.69, 9.17) is 26.6 Å². The fourth-order valence-corrected chi connectivity index (χ4v) is 2.71. The van der Waals surface area contributed by atoms with Crippen LogP contribution in [0.1, 0.15) is 13.3 Å². The Morgan fingerprint density at radius 1 is 1.67 bits per heavy atom. The summed E-state index contributed by atoms with van der Waals surface area (Å²) in [5.41, 5.74) is 0. The van der Waals surface area contributed by atoms with Crippen molar-refractivity contribution in [2.75, 3.05) is 6.61 Å². The summed E-state index contributed by atoms with van der Waals surface area (Å²) in [7, 11) is 0. The van der Waals surface area contributed by atoms with Gasteiger partial charge in [-0.25, -0.2) is 0 Å². The van der Waals surface area contributed by atoms with Crippen molar-refractivity contribution in [1.82, 2.24) is 0 Å². The molecule has 0 saturated carbocycles. The molecule has 0 spiro atoms. The van der Waals surface area contributed by atoms with Crippen molar-refractivity contribution < 1.29 is 4.18 Å². The highest BCUT2D eigenvalue weighted by atomic mass is 127. The molecule has 0 aliphatic rings. The minimum atomic E-state index is -1.37. The van der Waals surface area contributed by atoms with Gasteiger partial charge in [-0.1, -0.05) is 6.92 Å². The smallest absolute Gasteiger partial charge is 0.0803 e. The van der Waals surface area contributed by atoms with Crippen LogP contribution in [0.4, 0.5) is 0 Å². The van der Waals surface area contributed by atoms with Crippen molar-refractivity contribution in [2.24, 2.45) is 0 Å². The second-order valence-electron chi connectivity index (χ2n) is 1.28. The summed E-state index contributed by atoms with van der Waals surface area (Å²) in [4.78, 5) is 0. The van der Waals surface area contributed by atoms with Crippen molar-refractivity contribution in [1.29, 1.82) is 0 Å². The van der Waals surface area contributed by atoms with Crippen LogP contribution in [0.25, 0.3) is 0 Å². The summed E-state index contributed by atoms with van der Waals surface area (Å²) in [5.74, 6) is 0. The second kappa shape index (κ2) is 5.48. The Bertz CT molecular complexity index is 151. The molecule has 0 aromatic rings. The Hall–Kier alpha value is 1.83. The maximum absolute atomic E-state index is 5.09. The van der Waals surface area contributed by atoms with Crippen molar-refractivity contribution in [3.8, 4) is 0 Å². The average molecular weight is 314 g/mol. The molecule has 1 nitrogen and oxygen atoms in total. The molecule has 0 fully saturated rings. The zero-order chi connectivity index (χ0) is 7.33. The van der Waals surface area contributed by atoms with Gasteiger partial charge in [-0.2, -0.15) is 0 Å². The molecule has 56 valence electrons. The first-order valence-electron chi connectivity index (χ1n) is 2.32. The van der Waals surface area contributed by atoms with Crippen LogP contribution in [0, 0.1) is 0 Å². The van der Waals surface area contributed by atoms with E-state index < -0.39 is 3.35 Å². The zero-order valence-corrected chi connectivity index (χ0v) is 10.3. The fourth-order valence-electron chi connectivity index (χ4n) is 0.175. The van der Waals surface area contributed by atoms with E-state index in [9.17, 15) is 0 Å². The van der Waals surface area contributed by atoms with Crippen LogP contribution in [0.15, 0.2) is 0 Å². The molecule has 0 unspecified atom stereocenters. The molecule has 0 aliphatic heterocycles. The largest absolute Gasteiger partial charge is 0.304 e. The number of hydrogen-bond donors (Lipinski definition) is 0. The third kappa shape index (κ3) is 9.83. The van der Waals surface area contributed by atoms with Crippen LogP contribution in [-0.4, -0.2) is 6.61 Å². The number of rotatable bonds is 4. The van der Waals surface area contributed by atoms with E-state index in [0.717, 1.165) is 13.0 Å². The third-order valence-corrected chi connectivity index (χ3v) is 3.94. The summed E-state index contributed by atoms with van der Waals surface area (Å²) in [6, 6.07) is 0. The first kappa shape index (κ1) is 10.8. The summed E-state index contributed by atoms with van der Waals surface area (Å²) in [6.07, 6.45) is 1.02. The van der Waals surface area contributed by atoms with Crippen molar-refractivity contribution in [3.05, 3.63) is 0 Å². The Morgan fingerprint density at radius 3 is 2.56 bits per heavy atom. The van der Waals surface area contributed by atoms with Crippen molar-refractivity contribution in [2.45, 2.75) is 13.3 Å². The highest BCUT2D eigenvalue weighted by Gasteiger charge is 1.94.